The Labute approximate surface area is 179 Å². The summed E-state index contributed by atoms with van der Waals surface area (Å²) in [5.74, 6) is -0.529. The van der Waals surface area contributed by atoms with Gasteiger partial charge in [0.1, 0.15) is 0 Å². The van der Waals surface area contributed by atoms with E-state index in [1.165, 1.54) is 0 Å². The Morgan fingerprint density at radius 2 is 1.77 bits per heavy atom. The number of oxime groups is 1. The number of para-hydroxylation sites is 1. The second kappa shape index (κ2) is 7.36. The number of aryl methyl sites for hydroxylation is 1. The van der Waals surface area contributed by atoms with Crippen LogP contribution in [0.15, 0.2) is 84.0 Å². The number of hydrogen-bond donors (Lipinski definition) is 0. The zero-order valence-electron chi connectivity index (χ0n) is 17.1. The minimum Gasteiger partial charge on any atom is -0.340 e. The van der Waals surface area contributed by atoms with E-state index in [0.717, 1.165) is 33.1 Å². The number of rotatable bonds is 4. The molecule has 0 bridgehead atoms. The smallest absolute Gasteiger partial charge is 0.340 e. The van der Waals surface area contributed by atoms with Gasteiger partial charge in [0, 0.05) is 40.4 Å². The molecule has 0 atom stereocenters. The molecule has 5 nitrogen and oxygen atoms in total. The first kappa shape index (κ1) is 19.0. The maximum absolute atomic E-state index is 12.4. The standard InChI is InChI=1S/C26H20N2O3/c1-16(2)25(29)18-11-12-23-21(15-18)19-9-6-10-20-22(13-14-28(23)24(19)20)27-31-26(30)17-7-4-3-5-8-17/h3-12,15H,1,13-14H2,2H3/b27-22+. The van der Waals surface area contributed by atoms with Gasteiger partial charge < -0.3 is 9.40 Å². The molecule has 0 radical (unpaired) electrons. The van der Waals surface area contributed by atoms with Crippen LogP contribution in [0.25, 0.3) is 21.8 Å². The molecule has 4 aromatic rings. The van der Waals surface area contributed by atoms with Crippen LogP contribution in [0.4, 0.5) is 0 Å². The van der Waals surface area contributed by atoms with Crippen LogP contribution in [0.2, 0.25) is 0 Å². The molecule has 5 heteroatoms. The highest BCUT2D eigenvalue weighted by Crippen LogP contribution is 2.35. The Kier molecular flexibility index (Phi) is 4.51. The molecule has 1 aromatic heterocycles. The second-order valence-corrected chi connectivity index (χ2v) is 7.73. The van der Waals surface area contributed by atoms with Crippen LogP contribution in [0.5, 0.6) is 0 Å². The number of carbonyl (C=O) groups is 2. The predicted molar refractivity (Wildman–Crippen MR) is 122 cm³/mol. The summed E-state index contributed by atoms with van der Waals surface area (Å²) in [5.41, 5.74) is 5.40. The number of aromatic nitrogens is 1. The molecule has 3 aromatic carbocycles. The molecular formula is C26H20N2O3. The SMILES string of the molecule is C=C(C)C(=O)c1ccc2c(c1)c1cccc3c1n2CC/C3=N\OC(=O)c1ccccc1. The third kappa shape index (κ3) is 3.15. The molecule has 0 saturated heterocycles. The van der Waals surface area contributed by atoms with Crippen molar-refractivity contribution >= 4 is 39.3 Å². The summed E-state index contributed by atoms with van der Waals surface area (Å²) >= 11 is 0. The van der Waals surface area contributed by atoms with Crippen molar-refractivity contribution in [2.24, 2.45) is 5.16 Å². The molecule has 0 saturated carbocycles. The van der Waals surface area contributed by atoms with Gasteiger partial charge >= 0.3 is 5.97 Å². The van der Waals surface area contributed by atoms with Gasteiger partial charge in [-0.05, 0) is 42.8 Å². The van der Waals surface area contributed by atoms with Crippen LogP contribution >= 0.6 is 0 Å². The molecule has 31 heavy (non-hydrogen) atoms. The summed E-state index contributed by atoms with van der Waals surface area (Å²) in [4.78, 5) is 30.0. The number of ketones is 1. The van der Waals surface area contributed by atoms with Crippen molar-refractivity contribution in [3.05, 3.63) is 95.6 Å². The van der Waals surface area contributed by atoms with Crippen molar-refractivity contribution in [1.82, 2.24) is 4.57 Å². The second-order valence-electron chi connectivity index (χ2n) is 7.73. The zero-order chi connectivity index (χ0) is 21.5. The summed E-state index contributed by atoms with van der Waals surface area (Å²) in [5, 5.41) is 6.28. The fraction of sp³-hybridized carbons (Fsp3) is 0.115. The monoisotopic (exact) mass is 408 g/mol. The third-order valence-electron chi connectivity index (χ3n) is 5.66. The van der Waals surface area contributed by atoms with Crippen molar-refractivity contribution in [2.75, 3.05) is 0 Å². The van der Waals surface area contributed by atoms with Gasteiger partial charge in [-0.1, -0.05) is 48.1 Å². The van der Waals surface area contributed by atoms with E-state index in [9.17, 15) is 9.59 Å². The fourth-order valence-electron chi connectivity index (χ4n) is 4.18. The largest absolute Gasteiger partial charge is 0.365 e. The lowest BCUT2D eigenvalue weighted by Crippen LogP contribution is -2.16. The first-order valence-corrected chi connectivity index (χ1v) is 10.1. The van der Waals surface area contributed by atoms with E-state index in [1.54, 1.807) is 31.2 Å². The maximum Gasteiger partial charge on any atom is 0.365 e. The average Bonchev–Trinajstić information content (AvgIpc) is 3.13. The van der Waals surface area contributed by atoms with Crippen molar-refractivity contribution < 1.29 is 14.4 Å². The highest BCUT2D eigenvalue weighted by atomic mass is 16.7. The molecule has 0 amide bonds. The van der Waals surface area contributed by atoms with E-state index < -0.39 is 5.97 Å². The van der Waals surface area contributed by atoms with Gasteiger partial charge in [-0.3, -0.25) is 4.79 Å². The molecule has 0 spiro atoms. The number of benzene rings is 3. The Hall–Kier alpha value is -3.99. The van der Waals surface area contributed by atoms with Gasteiger partial charge in [-0.15, -0.1) is 0 Å². The molecule has 1 aliphatic rings. The summed E-state index contributed by atoms with van der Waals surface area (Å²) in [6.45, 7) is 6.21. The topological polar surface area (TPSA) is 60.7 Å². The Morgan fingerprint density at radius 3 is 2.55 bits per heavy atom. The van der Waals surface area contributed by atoms with Gasteiger partial charge in [-0.2, -0.15) is 0 Å². The van der Waals surface area contributed by atoms with Gasteiger partial charge in [0.25, 0.3) is 0 Å². The lowest BCUT2D eigenvalue weighted by molar-refractivity contribution is 0.0515. The van der Waals surface area contributed by atoms with E-state index in [-0.39, 0.29) is 5.78 Å². The Morgan fingerprint density at radius 1 is 0.968 bits per heavy atom. The van der Waals surface area contributed by atoms with Crippen molar-refractivity contribution in [3.63, 3.8) is 0 Å². The van der Waals surface area contributed by atoms with Crippen LogP contribution in [0, 0.1) is 0 Å². The average molecular weight is 408 g/mol. The molecular weight excluding hydrogens is 388 g/mol. The summed E-state index contributed by atoms with van der Waals surface area (Å²) in [6, 6.07) is 20.6. The molecule has 1 aliphatic heterocycles. The number of fused-ring (bicyclic) bond motifs is 3. The minimum atomic E-state index is -0.477. The quantitative estimate of drug-likeness (QED) is 0.193. The highest BCUT2D eigenvalue weighted by molar-refractivity contribution is 6.20. The Balaban J connectivity index is 1.59. The number of nitrogens with zero attached hydrogens (tertiary/aromatic N) is 2. The van der Waals surface area contributed by atoms with E-state index in [1.807, 2.05) is 42.5 Å². The van der Waals surface area contributed by atoms with E-state index >= 15 is 0 Å². The molecule has 0 N–H and O–H groups in total. The first-order chi connectivity index (χ1) is 15.0. The molecule has 0 unspecified atom stereocenters. The first-order valence-electron chi connectivity index (χ1n) is 10.1. The van der Waals surface area contributed by atoms with Crippen molar-refractivity contribution in [3.8, 4) is 0 Å². The molecule has 5 rings (SSSR count). The van der Waals surface area contributed by atoms with Crippen LogP contribution in [-0.2, 0) is 11.4 Å². The van der Waals surface area contributed by atoms with Crippen molar-refractivity contribution in [2.45, 2.75) is 19.9 Å². The maximum atomic E-state index is 12.4. The fourth-order valence-corrected chi connectivity index (χ4v) is 4.18. The molecule has 0 aliphatic carbocycles. The Bertz CT molecular complexity index is 1410. The highest BCUT2D eigenvalue weighted by Gasteiger charge is 2.23. The summed E-state index contributed by atoms with van der Waals surface area (Å²) < 4.78 is 2.24. The van der Waals surface area contributed by atoms with E-state index in [4.69, 9.17) is 4.84 Å². The normalized spacial score (nSPS) is 14.2. The summed E-state index contributed by atoms with van der Waals surface area (Å²) in [7, 11) is 0. The molecule has 2 heterocycles. The zero-order valence-corrected chi connectivity index (χ0v) is 17.1. The van der Waals surface area contributed by atoms with Gasteiger partial charge in [0.05, 0.1) is 16.8 Å². The van der Waals surface area contributed by atoms with Crippen molar-refractivity contribution in [1.29, 1.82) is 0 Å². The third-order valence-corrected chi connectivity index (χ3v) is 5.66. The van der Waals surface area contributed by atoms with E-state index in [0.29, 0.717) is 29.7 Å². The predicted octanol–water partition coefficient (Wildman–Crippen LogP) is 5.52. The number of hydrogen-bond acceptors (Lipinski definition) is 4. The lowest BCUT2D eigenvalue weighted by Gasteiger charge is -2.18. The van der Waals surface area contributed by atoms with Crippen LogP contribution < -0.4 is 0 Å². The lowest BCUT2D eigenvalue weighted by atomic mass is 10.00. The van der Waals surface area contributed by atoms with Crippen LogP contribution in [-0.4, -0.2) is 22.0 Å². The summed E-state index contributed by atoms with van der Waals surface area (Å²) in [6.07, 6.45) is 0.643. The van der Waals surface area contributed by atoms with Gasteiger partial charge in [0.15, 0.2) is 5.78 Å². The van der Waals surface area contributed by atoms with E-state index in [2.05, 4.69) is 16.3 Å². The van der Waals surface area contributed by atoms with Crippen LogP contribution in [0.3, 0.4) is 0 Å². The number of Topliss-reactive ketones (excluding diaryl/α,β-unsaturated/α-hetero) is 1. The van der Waals surface area contributed by atoms with Crippen LogP contribution in [0.1, 0.15) is 39.6 Å². The van der Waals surface area contributed by atoms with Gasteiger partial charge in [0.2, 0.25) is 0 Å². The number of carbonyl (C=O) groups excluding carboxylic acids is 2. The molecule has 0 fully saturated rings. The molecule has 152 valence electrons. The minimum absolute atomic E-state index is 0.0519. The number of allylic oxidation sites excluding steroid dienone is 1. The van der Waals surface area contributed by atoms with Gasteiger partial charge in [-0.25, -0.2) is 4.79 Å².